The Kier molecular flexibility index (Phi) is 6.44. The van der Waals surface area contributed by atoms with E-state index in [9.17, 15) is 9.59 Å². The van der Waals surface area contributed by atoms with Crippen LogP contribution in [0, 0.1) is 6.92 Å². The number of ether oxygens (including phenoxy) is 1. The summed E-state index contributed by atoms with van der Waals surface area (Å²) in [6.45, 7) is 4.85. The van der Waals surface area contributed by atoms with Crippen molar-refractivity contribution in [1.82, 2.24) is 4.90 Å². The molecule has 7 nitrogen and oxygen atoms in total. The number of hydrogen-bond acceptors (Lipinski definition) is 5. The number of amides is 2. The third kappa shape index (κ3) is 4.77. The molecule has 3 aromatic rings. The lowest BCUT2D eigenvalue weighted by Gasteiger charge is -2.24. The van der Waals surface area contributed by atoms with Gasteiger partial charge in [-0.25, -0.2) is 0 Å². The largest absolute Gasteiger partial charge is 0.497 e. The van der Waals surface area contributed by atoms with E-state index >= 15 is 0 Å². The molecule has 0 aliphatic carbocycles. The molecule has 7 heteroatoms. The molecule has 2 heterocycles. The normalized spacial score (nSPS) is 14.1. The van der Waals surface area contributed by atoms with E-state index in [0.29, 0.717) is 24.3 Å². The van der Waals surface area contributed by atoms with Gasteiger partial charge in [0.2, 0.25) is 0 Å². The molecule has 0 spiro atoms. The van der Waals surface area contributed by atoms with E-state index in [4.69, 9.17) is 9.15 Å². The molecular formula is C25H27N3O4. The van der Waals surface area contributed by atoms with Gasteiger partial charge in [-0.2, -0.15) is 0 Å². The Balaban J connectivity index is 1.44. The lowest BCUT2D eigenvalue weighted by molar-refractivity contribution is 0.0766. The molecule has 166 valence electrons. The number of carbonyl (C=O) groups is 2. The minimum Gasteiger partial charge on any atom is -0.497 e. The number of hydrogen-bond donors (Lipinski definition) is 1. The maximum atomic E-state index is 13.2. The molecule has 32 heavy (non-hydrogen) atoms. The Bertz CT molecular complexity index is 1080. The van der Waals surface area contributed by atoms with E-state index in [1.54, 1.807) is 25.3 Å². The average Bonchev–Trinajstić information content (AvgIpc) is 3.25. The fraction of sp³-hybridized carbons (Fsp3) is 0.280. The van der Waals surface area contributed by atoms with Crippen molar-refractivity contribution in [1.29, 1.82) is 0 Å². The maximum Gasteiger partial charge on any atom is 0.291 e. The number of nitrogens with one attached hydrogen (secondary N) is 1. The summed E-state index contributed by atoms with van der Waals surface area (Å²) in [4.78, 5) is 29.7. The average molecular weight is 434 g/mol. The molecule has 2 aromatic carbocycles. The summed E-state index contributed by atoms with van der Waals surface area (Å²) in [5.74, 6) is 0.685. The Morgan fingerprint density at radius 3 is 2.53 bits per heavy atom. The van der Waals surface area contributed by atoms with Crippen molar-refractivity contribution in [2.24, 2.45) is 0 Å². The van der Waals surface area contributed by atoms with Gasteiger partial charge in [0, 0.05) is 43.1 Å². The van der Waals surface area contributed by atoms with Gasteiger partial charge in [-0.1, -0.05) is 6.07 Å². The number of benzene rings is 2. The predicted molar refractivity (Wildman–Crippen MR) is 124 cm³/mol. The van der Waals surface area contributed by atoms with Gasteiger partial charge in [-0.15, -0.1) is 0 Å². The van der Waals surface area contributed by atoms with Gasteiger partial charge in [-0.05, 0) is 67.4 Å². The minimum absolute atomic E-state index is 0.0323. The molecule has 0 saturated carbocycles. The van der Waals surface area contributed by atoms with Gasteiger partial charge in [0.1, 0.15) is 5.75 Å². The number of nitrogens with zero attached hydrogens (tertiary/aromatic N) is 2. The summed E-state index contributed by atoms with van der Waals surface area (Å²) in [7, 11) is 1.66. The van der Waals surface area contributed by atoms with Crippen LogP contribution in [0.15, 0.2) is 65.3 Å². The van der Waals surface area contributed by atoms with Gasteiger partial charge in [0.05, 0.1) is 13.4 Å². The standard InChI is InChI=1S/C25H27N3O4/c1-18-6-7-19(17-22(18)26-24(29)23-5-3-16-32-23)25(30)28-13-4-12-27(14-15-28)20-8-10-21(31-2)11-9-20/h3,5-11,16-17H,4,12-15H2,1-2H3,(H,26,29). The highest BCUT2D eigenvalue weighted by Gasteiger charge is 2.21. The van der Waals surface area contributed by atoms with Crippen LogP contribution in [0.25, 0.3) is 0 Å². The van der Waals surface area contributed by atoms with Gasteiger partial charge in [-0.3, -0.25) is 9.59 Å². The molecule has 0 radical (unpaired) electrons. The zero-order chi connectivity index (χ0) is 22.5. The Morgan fingerprint density at radius 1 is 1.00 bits per heavy atom. The van der Waals surface area contributed by atoms with Crippen molar-refractivity contribution >= 4 is 23.2 Å². The van der Waals surface area contributed by atoms with Crippen LogP contribution in [-0.2, 0) is 0 Å². The Morgan fingerprint density at radius 2 is 1.81 bits per heavy atom. The molecule has 0 bridgehead atoms. The summed E-state index contributed by atoms with van der Waals surface area (Å²) in [6, 6.07) is 16.7. The lowest BCUT2D eigenvalue weighted by atomic mass is 10.1. The highest BCUT2D eigenvalue weighted by molar-refractivity contribution is 6.04. The van der Waals surface area contributed by atoms with Crippen LogP contribution in [0.3, 0.4) is 0 Å². The van der Waals surface area contributed by atoms with Crippen molar-refractivity contribution in [3.63, 3.8) is 0 Å². The second-order valence-corrected chi connectivity index (χ2v) is 7.79. The molecule has 0 unspecified atom stereocenters. The van der Waals surface area contributed by atoms with Crippen molar-refractivity contribution in [2.75, 3.05) is 43.5 Å². The number of rotatable bonds is 5. The molecule has 1 saturated heterocycles. The van der Waals surface area contributed by atoms with Gasteiger partial charge in [0.15, 0.2) is 5.76 Å². The smallest absolute Gasteiger partial charge is 0.291 e. The van der Waals surface area contributed by atoms with Gasteiger partial charge < -0.3 is 24.3 Å². The van der Waals surface area contributed by atoms with Crippen LogP contribution in [0.4, 0.5) is 11.4 Å². The van der Waals surface area contributed by atoms with Gasteiger partial charge >= 0.3 is 0 Å². The van der Waals surface area contributed by atoms with E-state index < -0.39 is 0 Å². The molecule has 1 aliphatic heterocycles. The van der Waals surface area contributed by atoms with Crippen molar-refractivity contribution in [2.45, 2.75) is 13.3 Å². The summed E-state index contributed by atoms with van der Waals surface area (Å²) < 4.78 is 10.4. The highest BCUT2D eigenvalue weighted by atomic mass is 16.5. The number of anilines is 2. The zero-order valence-electron chi connectivity index (χ0n) is 18.3. The fourth-order valence-electron chi connectivity index (χ4n) is 3.84. The first-order chi connectivity index (χ1) is 15.5. The first kappa shape index (κ1) is 21.5. The van der Waals surface area contributed by atoms with E-state index in [-0.39, 0.29) is 17.6 Å². The van der Waals surface area contributed by atoms with Crippen molar-refractivity contribution in [3.8, 4) is 5.75 Å². The molecule has 2 amide bonds. The third-order valence-corrected chi connectivity index (χ3v) is 5.70. The van der Waals surface area contributed by atoms with Gasteiger partial charge in [0.25, 0.3) is 11.8 Å². The van der Waals surface area contributed by atoms with Crippen LogP contribution in [0.2, 0.25) is 0 Å². The van der Waals surface area contributed by atoms with Crippen LogP contribution < -0.4 is 15.0 Å². The van der Waals surface area contributed by atoms with Crippen LogP contribution in [-0.4, -0.2) is 50.0 Å². The molecule has 1 aliphatic rings. The van der Waals surface area contributed by atoms with Crippen molar-refractivity contribution in [3.05, 3.63) is 77.7 Å². The first-order valence-corrected chi connectivity index (χ1v) is 10.7. The van der Waals surface area contributed by atoms with E-state index in [0.717, 1.165) is 36.5 Å². The topological polar surface area (TPSA) is 75.0 Å². The Labute approximate surface area is 187 Å². The second kappa shape index (κ2) is 9.60. The molecule has 1 N–H and O–H groups in total. The van der Waals surface area contributed by atoms with E-state index in [1.807, 2.05) is 48.2 Å². The van der Waals surface area contributed by atoms with E-state index in [1.165, 1.54) is 6.26 Å². The number of carbonyl (C=O) groups excluding carboxylic acids is 2. The fourth-order valence-corrected chi connectivity index (χ4v) is 3.84. The summed E-state index contributed by atoms with van der Waals surface area (Å²) in [5.41, 5.74) is 3.16. The quantitative estimate of drug-likeness (QED) is 0.653. The van der Waals surface area contributed by atoms with Crippen LogP contribution in [0.1, 0.15) is 32.9 Å². The molecule has 4 rings (SSSR count). The predicted octanol–water partition coefficient (Wildman–Crippen LogP) is 4.20. The molecule has 0 atom stereocenters. The molecule has 1 fully saturated rings. The summed E-state index contributed by atoms with van der Waals surface area (Å²) in [5, 5.41) is 2.84. The van der Waals surface area contributed by atoms with Crippen LogP contribution >= 0.6 is 0 Å². The monoisotopic (exact) mass is 433 g/mol. The number of aryl methyl sites for hydroxylation is 1. The minimum atomic E-state index is -0.340. The van der Waals surface area contributed by atoms with Crippen LogP contribution in [0.5, 0.6) is 5.75 Å². The third-order valence-electron chi connectivity index (χ3n) is 5.70. The number of furan rings is 1. The molecular weight excluding hydrogens is 406 g/mol. The first-order valence-electron chi connectivity index (χ1n) is 10.7. The second-order valence-electron chi connectivity index (χ2n) is 7.79. The lowest BCUT2D eigenvalue weighted by Crippen LogP contribution is -2.35. The van der Waals surface area contributed by atoms with E-state index in [2.05, 4.69) is 10.2 Å². The number of methoxy groups -OCH3 is 1. The molecule has 1 aromatic heterocycles. The Hall–Kier alpha value is -3.74. The maximum absolute atomic E-state index is 13.2. The highest BCUT2D eigenvalue weighted by Crippen LogP contribution is 2.23. The summed E-state index contributed by atoms with van der Waals surface area (Å²) in [6.07, 6.45) is 2.34. The SMILES string of the molecule is COc1ccc(N2CCCN(C(=O)c3ccc(C)c(NC(=O)c4ccco4)c3)CC2)cc1. The summed E-state index contributed by atoms with van der Waals surface area (Å²) >= 11 is 0. The van der Waals surface area contributed by atoms with Crippen molar-refractivity contribution < 1.29 is 18.7 Å². The zero-order valence-corrected chi connectivity index (χ0v) is 18.3.